The minimum Gasteiger partial charge on any atom is -0.346 e. The van der Waals surface area contributed by atoms with Gasteiger partial charge in [0, 0.05) is 23.1 Å². The first-order valence-corrected chi connectivity index (χ1v) is 8.25. The predicted octanol–water partition coefficient (Wildman–Crippen LogP) is 5.07. The molecule has 0 radical (unpaired) electrons. The van der Waals surface area contributed by atoms with Crippen molar-refractivity contribution >= 4 is 23.2 Å². The van der Waals surface area contributed by atoms with Crippen LogP contribution in [0.3, 0.4) is 0 Å². The zero-order valence-electron chi connectivity index (χ0n) is 13.4. The summed E-state index contributed by atoms with van der Waals surface area (Å²) in [6.45, 7) is 1.90. The van der Waals surface area contributed by atoms with Gasteiger partial charge in [-0.2, -0.15) is 0 Å². The fourth-order valence-corrected chi connectivity index (χ4v) is 2.92. The smallest absolute Gasteiger partial charge is 0.226 e. The summed E-state index contributed by atoms with van der Waals surface area (Å²) in [5.41, 5.74) is 2.74. The number of aromatic nitrogens is 1. The Morgan fingerprint density at radius 2 is 1.75 bits per heavy atom. The van der Waals surface area contributed by atoms with Gasteiger partial charge in [0.05, 0.1) is 12.5 Å². The number of rotatable bonds is 5. The largest absolute Gasteiger partial charge is 0.346 e. The molecule has 4 heteroatoms. The number of carbonyl (C=O) groups excluding carboxylic acids is 1. The van der Waals surface area contributed by atoms with Crippen molar-refractivity contribution in [2.45, 2.75) is 19.4 Å². The highest BCUT2D eigenvalue weighted by Crippen LogP contribution is 2.26. The van der Waals surface area contributed by atoms with Gasteiger partial charge < -0.3 is 9.88 Å². The van der Waals surface area contributed by atoms with E-state index >= 15 is 0 Å². The van der Waals surface area contributed by atoms with Crippen molar-refractivity contribution in [1.29, 1.82) is 0 Å². The number of hydrogen-bond acceptors (Lipinski definition) is 1. The SMILES string of the molecule is Cc1c(Cl)cccc1NC(=O)CC(c1ccccc1)n1cccc1. The van der Waals surface area contributed by atoms with Crippen molar-refractivity contribution in [2.75, 3.05) is 5.32 Å². The normalized spacial score (nSPS) is 11.9. The minimum atomic E-state index is -0.0410. The lowest BCUT2D eigenvalue weighted by molar-refractivity contribution is -0.116. The van der Waals surface area contributed by atoms with Gasteiger partial charge in [0.25, 0.3) is 0 Å². The molecule has 1 unspecified atom stereocenters. The molecule has 1 amide bonds. The van der Waals surface area contributed by atoms with Crippen LogP contribution in [0.4, 0.5) is 5.69 Å². The monoisotopic (exact) mass is 338 g/mol. The van der Waals surface area contributed by atoms with Crippen molar-refractivity contribution in [1.82, 2.24) is 4.57 Å². The third kappa shape index (κ3) is 3.69. The fraction of sp³-hybridized carbons (Fsp3) is 0.150. The summed E-state index contributed by atoms with van der Waals surface area (Å²) in [7, 11) is 0. The van der Waals surface area contributed by atoms with E-state index in [1.165, 1.54) is 0 Å². The summed E-state index contributed by atoms with van der Waals surface area (Å²) in [6, 6.07) is 19.5. The molecule has 0 aliphatic heterocycles. The van der Waals surface area contributed by atoms with E-state index in [2.05, 4.69) is 9.88 Å². The molecule has 0 aliphatic carbocycles. The van der Waals surface area contributed by atoms with Gasteiger partial charge in [0.1, 0.15) is 0 Å². The van der Waals surface area contributed by atoms with Crippen LogP contribution in [0.1, 0.15) is 23.6 Å². The van der Waals surface area contributed by atoms with E-state index in [0.29, 0.717) is 11.4 Å². The quantitative estimate of drug-likeness (QED) is 0.692. The fourth-order valence-electron chi connectivity index (χ4n) is 2.75. The van der Waals surface area contributed by atoms with Gasteiger partial charge in [-0.05, 0) is 42.3 Å². The third-order valence-corrected chi connectivity index (χ3v) is 4.50. The zero-order chi connectivity index (χ0) is 16.9. The summed E-state index contributed by atoms with van der Waals surface area (Å²) in [5, 5.41) is 3.63. The average Bonchev–Trinajstić information content (AvgIpc) is 3.12. The molecule has 3 nitrogen and oxygen atoms in total. The van der Waals surface area contributed by atoms with Gasteiger partial charge in [-0.25, -0.2) is 0 Å². The molecule has 0 aliphatic rings. The van der Waals surface area contributed by atoms with Gasteiger partial charge in [-0.15, -0.1) is 0 Å². The van der Waals surface area contributed by atoms with Crippen LogP contribution in [0, 0.1) is 6.92 Å². The van der Waals surface area contributed by atoms with Crippen LogP contribution in [-0.2, 0) is 4.79 Å². The Labute approximate surface area is 146 Å². The Morgan fingerprint density at radius 3 is 2.46 bits per heavy atom. The second-order valence-electron chi connectivity index (χ2n) is 5.72. The zero-order valence-corrected chi connectivity index (χ0v) is 14.2. The van der Waals surface area contributed by atoms with E-state index in [-0.39, 0.29) is 11.9 Å². The Morgan fingerprint density at radius 1 is 1.04 bits per heavy atom. The molecule has 0 saturated carbocycles. The molecule has 0 spiro atoms. The van der Waals surface area contributed by atoms with E-state index in [1.54, 1.807) is 0 Å². The van der Waals surface area contributed by atoms with Gasteiger partial charge in [0.2, 0.25) is 5.91 Å². The lowest BCUT2D eigenvalue weighted by atomic mass is 10.0. The van der Waals surface area contributed by atoms with Crippen LogP contribution < -0.4 is 5.32 Å². The van der Waals surface area contributed by atoms with Crippen LogP contribution in [0.25, 0.3) is 0 Å². The highest BCUT2D eigenvalue weighted by molar-refractivity contribution is 6.31. The molecule has 0 fully saturated rings. The number of carbonyl (C=O) groups is 1. The molecule has 0 saturated heterocycles. The number of nitrogens with one attached hydrogen (secondary N) is 1. The summed E-state index contributed by atoms with van der Waals surface area (Å²) >= 11 is 6.12. The summed E-state index contributed by atoms with van der Waals surface area (Å²) < 4.78 is 2.06. The van der Waals surface area contributed by atoms with Crippen LogP contribution in [0.2, 0.25) is 5.02 Å². The molecular formula is C20H19ClN2O. The van der Waals surface area contributed by atoms with Gasteiger partial charge in [-0.3, -0.25) is 4.79 Å². The maximum Gasteiger partial charge on any atom is 0.226 e. The number of benzene rings is 2. The third-order valence-electron chi connectivity index (χ3n) is 4.09. The standard InChI is InChI=1S/C20H19ClN2O/c1-15-17(21)10-7-11-18(15)22-20(24)14-19(23-12-5-6-13-23)16-8-3-2-4-9-16/h2-13,19H,14H2,1H3,(H,22,24). The van der Waals surface area contributed by atoms with Crippen molar-refractivity contribution in [2.24, 2.45) is 0 Å². The summed E-state index contributed by atoms with van der Waals surface area (Å²) in [5.74, 6) is -0.0390. The Balaban J connectivity index is 1.80. The highest BCUT2D eigenvalue weighted by atomic mass is 35.5. The maximum absolute atomic E-state index is 12.6. The first-order valence-electron chi connectivity index (χ1n) is 7.87. The van der Waals surface area contributed by atoms with E-state index in [4.69, 9.17) is 11.6 Å². The lowest BCUT2D eigenvalue weighted by Crippen LogP contribution is -2.20. The van der Waals surface area contributed by atoms with Crippen LogP contribution in [0.5, 0.6) is 0 Å². The van der Waals surface area contributed by atoms with E-state index in [1.807, 2.05) is 80.0 Å². The van der Waals surface area contributed by atoms with Crippen molar-refractivity contribution in [3.63, 3.8) is 0 Å². The van der Waals surface area contributed by atoms with Crippen LogP contribution in [-0.4, -0.2) is 10.5 Å². The molecule has 3 aromatic rings. The number of amides is 1. The van der Waals surface area contributed by atoms with E-state index < -0.39 is 0 Å². The number of nitrogens with zero attached hydrogens (tertiary/aromatic N) is 1. The van der Waals surface area contributed by atoms with Crippen molar-refractivity contribution in [3.05, 3.63) is 89.2 Å². The molecule has 1 heterocycles. The van der Waals surface area contributed by atoms with Crippen molar-refractivity contribution in [3.8, 4) is 0 Å². The van der Waals surface area contributed by atoms with Gasteiger partial charge >= 0.3 is 0 Å². The first-order chi connectivity index (χ1) is 11.6. The molecule has 1 aromatic heterocycles. The summed E-state index contributed by atoms with van der Waals surface area (Å²) in [6.07, 6.45) is 4.32. The predicted molar refractivity (Wildman–Crippen MR) is 98.4 cm³/mol. The lowest BCUT2D eigenvalue weighted by Gasteiger charge is -2.20. The van der Waals surface area contributed by atoms with Gasteiger partial charge in [-0.1, -0.05) is 48.0 Å². The Kier molecular flexibility index (Phi) is 5.02. The summed E-state index contributed by atoms with van der Waals surface area (Å²) in [4.78, 5) is 12.6. The second kappa shape index (κ2) is 7.37. The molecule has 1 atom stereocenters. The van der Waals surface area contributed by atoms with Crippen molar-refractivity contribution < 1.29 is 4.79 Å². The topological polar surface area (TPSA) is 34.0 Å². The van der Waals surface area contributed by atoms with E-state index in [9.17, 15) is 4.79 Å². The molecule has 3 rings (SSSR count). The van der Waals surface area contributed by atoms with E-state index in [0.717, 1.165) is 16.8 Å². The Hall–Kier alpha value is -2.52. The molecule has 122 valence electrons. The van der Waals surface area contributed by atoms with Crippen LogP contribution in [0.15, 0.2) is 73.1 Å². The maximum atomic E-state index is 12.6. The molecule has 1 N–H and O–H groups in total. The number of hydrogen-bond donors (Lipinski definition) is 1. The minimum absolute atomic E-state index is 0.0390. The number of halogens is 1. The first kappa shape index (κ1) is 16.3. The average molecular weight is 339 g/mol. The number of anilines is 1. The molecule has 24 heavy (non-hydrogen) atoms. The molecular weight excluding hydrogens is 320 g/mol. The molecule has 0 bridgehead atoms. The Bertz CT molecular complexity index is 813. The highest BCUT2D eigenvalue weighted by Gasteiger charge is 2.17. The van der Waals surface area contributed by atoms with Gasteiger partial charge in [0.15, 0.2) is 0 Å². The second-order valence-corrected chi connectivity index (χ2v) is 6.13. The molecule has 2 aromatic carbocycles. The van der Waals surface area contributed by atoms with Crippen LogP contribution >= 0.6 is 11.6 Å².